The van der Waals surface area contributed by atoms with Gasteiger partial charge in [-0.3, -0.25) is 0 Å². The Labute approximate surface area is 107 Å². The van der Waals surface area contributed by atoms with Gasteiger partial charge in [-0.1, -0.05) is 25.4 Å². The average molecular weight is 256 g/mol. The Hall–Kier alpha value is -0.870. The van der Waals surface area contributed by atoms with Crippen molar-refractivity contribution in [3.8, 4) is 0 Å². The number of aromatic nitrogens is 2. The fourth-order valence-electron chi connectivity index (χ4n) is 2.63. The lowest BCUT2D eigenvalue weighted by molar-refractivity contribution is 0.279. The molecule has 0 bridgehead atoms. The van der Waals surface area contributed by atoms with E-state index in [-0.39, 0.29) is 6.61 Å². The van der Waals surface area contributed by atoms with E-state index in [4.69, 9.17) is 11.6 Å². The molecule has 5 heteroatoms. The maximum Gasteiger partial charge on any atom is 0.140 e. The minimum absolute atomic E-state index is 0.117. The van der Waals surface area contributed by atoms with Crippen LogP contribution in [0.3, 0.4) is 0 Å². The molecule has 4 nitrogen and oxygen atoms in total. The maximum absolute atomic E-state index is 9.37. The van der Waals surface area contributed by atoms with Crippen molar-refractivity contribution in [1.82, 2.24) is 9.97 Å². The molecule has 2 atom stereocenters. The summed E-state index contributed by atoms with van der Waals surface area (Å²) in [5.41, 5.74) is 0.635. The normalized spacial score (nSPS) is 25.1. The van der Waals surface area contributed by atoms with Gasteiger partial charge in [-0.2, -0.15) is 0 Å². The maximum atomic E-state index is 9.37. The Bertz CT molecular complexity index is 389. The molecule has 0 amide bonds. The Morgan fingerprint density at radius 2 is 2.00 bits per heavy atom. The van der Waals surface area contributed by atoms with E-state index >= 15 is 0 Å². The van der Waals surface area contributed by atoms with Crippen LogP contribution in [-0.2, 0) is 6.61 Å². The molecule has 2 unspecified atom stereocenters. The molecule has 1 aromatic heterocycles. The van der Waals surface area contributed by atoms with Gasteiger partial charge in [-0.05, 0) is 18.3 Å². The van der Waals surface area contributed by atoms with E-state index in [2.05, 4.69) is 28.7 Å². The van der Waals surface area contributed by atoms with E-state index in [9.17, 15) is 5.11 Å². The van der Waals surface area contributed by atoms with Crippen LogP contribution >= 0.6 is 11.6 Å². The highest BCUT2D eigenvalue weighted by Gasteiger charge is 2.25. The van der Waals surface area contributed by atoms with Gasteiger partial charge in [0, 0.05) is 13.1 Å². The van der Waals surface area contributed by atoms with Crippen LogP contribution in [0, 0.1) is 11.8 Å². The van der Waals surface area contributed by atoms with E-state index in [1.54, 1.807) is 0 Å². The Morgan fingerprint density at radius 3 is 2.59 bits per heavy atom. The first-order chi connectivity index (χ1) is 8.11. The smallest absolute Gasteiger partial charge is 0.140 e. The summed E-state index contributed by atoms with van der Waals surface area (Å²) in [6.45, 7) is 6.29. The number of rotatable bonds is 2. The fraction of sp³-hybridized carbons (Fsp3) is 0.667. The van der Waals surface area contributed by atoms with E-state index < -0.39 is 0 Å². The Kier molecular flexibility index (Phi) is 3.84. The zero-order valence-corrected chi connectivity index (χ0v) is 11.0. The highest BCUT2D eigenvalue weighted by atomic mass is 35.5. The first-order valence-electron chi connectivity index (χ1n) is 5.97. The summed E-state index contributed by atoms with van der Waals surface area (Å²) in [6, 6.07) is 0. The number of aliphatic hydroxyl groups excluding tert-OH is 1. The summed E-state index contributed by atoms with van der Waals surface area (Å²) in [4.78, 5) is 10.4. The number of piperidine rings is 1. The van der Waals surface area contributed by atoms with Gasteiger partial charge >= 0.3 is 0 Å². The molecule has 1 N–H and O–H groups in total. The van der Waals surface area contributed by atoms with Crippen molar-refractivity contribution in [3.05, 3.63) is 17.0 Å². The van der Waals surface area contributed by atoms with Gasteiger partial charge in [-0.25, -0.2) is 9.97 Å². The van der Waals surface area contributed by atoms with Crippen molar-refractivity contribution in [2.24, 2.45) is 11.8 Å². The third-order valence-electron chi connectivity index (χ3n) is 3.20. The molecule has 0 aromatic carbocycles. The molecule has 1 aromatic rings. The Balaban J connectivity index is 2.30. The van der Waals surface area contributed by atoms with Gasteiger partial charge in [0.1, 0.15) is 17.3 Å². The molecular formula is C12H18ClN3O. The quantitative estimate of drug-likeness (QED) is 0.823. The predicted octanol–water partition coefficient (Wildman–Crippen LogP) is 2.10. The molecule has 17 heavy (non-hydrogen) atoms. The van der Waals surface area contributed by atoms with Gasteiger partial charge < -0.3 is 10.0 Å². The van der Waals surface area contributed by atoms with Gasteiger partial charge in [-0.15, -0.1) is 0 Å². The summed E-state index contributed by atoms with van der Waals surface area (Å²) in [7, 11) is 0. The minimum Gasteiger partial charge on any atom is -0.391 e. The van der Waals surface area contributed by atoms with Gasteiger partial charge in [0.15, 0.2) is 0 Å². The monoisotopic (exact) mass is 255 g/mol. The minimum atomic E-state index is -0.117. The SMILES string of the molecule is CC1CC(C)CN(c2ncnc(Cl)c2CO)C1. The molecule has 0 aliphatic carbocycles. The fourth-order valence-corrected chi connectivity index (χ4v) is 2.81. The average Bonchev–Trinajstić information content (AvgIpc) is 2.27. The summed E-state index contributed by atoms with van der Waals surface area (Å²) in [5.74, 6) is 2.06. The van der Waals surface area contributed by atoms with E-state index in [1.165, 1.54) is 12.7 Å². The summed E-state index contributed by atoms with van der Waals surface area (Å²) < 4.78 is 0. The van der Waals surface area contributed by atoms with Crippen molar-refractivity contribution >= 4 is 17.4 Å². The molecule has 1 aliphatic rings. The molecule has 2 heterocycles. The number of nitrogens with zero attached hydrogens (tertiary/aromatic N) is 3. The van der Waals surface area contributed by atoms with E-state index in [0.29, 0.717) is 22.6 Å². The number of aliphatic hydroxyl groups is 1. The van der Waals surface area contributed by atoms with Crippen LogP contribution in [-0.4, -0.2) is 28.2 Å². The molecule has 0 saturated carbocycles. The number of hydrogen-bond donors (Lipinski definition) is 1. The molecule has 1 saturated heterocycles. The van der Waals surface area contributed by atoms with Crippen LogP contribution in [0.15, 0.2) is 6.33 Å². The molecule has 2 rings (SSSR count). The van der Waals surface area contributed by atoms with Crippen molar-refractivity contribution in [3.63, 3.8) is 0 Å². The van der Waals surface area contributed by atoms with Crippen molar-refractivity contribution in [1.29, 1.82) is 0 Å². The van der Waals surface area contributed by atoms with Crippen LogP contribution in [0.25, 0.3) is 0 Å². The van der Waals surface area contributed by atoms with Crippen LogP contribution in [0.4, 0.5) is 5.82 Å². The number of hydrogen-bond acceptors (Lipinski definition) is 4. The highest BCUT2D eigenvalue weighted by Crippen LogP contribution is 2.29. The Morgan fingerprint density at radius 1 is 1.35 bits per heavy atom. The standard InChI is InChI=1S/C12H18ClN3O/c1-8-3-9(2)5-16(4-8)12-10(6-17)11(13)14-7-15-12/h7-9,17H,3-6H2,1-2H3. The van der Waals surface area contributed by atoms with Gasteiger partial charge in [0.25, 0.3) is 0 Å². The summed E-state index contributed by atoms with van der Waals surface area (Å²) in [6.07, 6.45) is 2.70. The lowest BCUT2D eigenvalue weighted by atomic mass is 9.92. The van der Waals surface area contributed by atoms with Crippen molar-refractivity contribution < 1.29 is 5.11 Å². The molecule has 94 valence electrons. The van der Waals surface area contributed by atoms with Crippen LogP contribution in [0.2, 0.25) is 5.15 Å². The second-order valence-corrected chi connectivity index (χ2v) is 5.33. The van der Waals surface area contributed by atoms with E-state index in [1.807, 2.05) is 0 Å². The molecule has 0 spiro atoms. The molecular weight excluding hydrogens is 238 g/mol. The first kappa shape index (κ1) is 12.6. The zero-order chi connectivity index (χ0) is 12.4. The van der Waals surface area contributed by atoms with Gasteiger partial charge in [0.2, 0.25) is 0 Å². The predicted molar refractivity (Wildman–Crippen MR) is 68.1 cm³/mol. The second-order valence-electron chi connectivity index (χ2n) is 4.98. The molecule has 0 radical (unpaired) electrons. The lowest BCUT2D eigenvalue weighted by Gasteiger charge is -2.36. The van der Waals surface area contributed by atoms with Crippen LogP contribution in [0.1, 0.15) is 25.8 Å². The third kappa shape index (κ3) is 2.69. The molecule has 1 aliphatic heterocycles. The summed E-state index contributed by atoms with van der Waals surface area (Å²) >= 11 is 5.98. The van der Waals surface area contributed by atoms with Gasteiger partial charge in [0.05, 0.1) is 12.2 Å². The van der Waals surface area contributed by atoms with Crippen LogP contribution < -0.4 is 4.90 Å². The highest BCUT2D eigenvalue weighted by molar-refractivity contribution is 6.30. The molecule has 1 fully saturated rings. The number of halogens is 1. The van der Waals surface area contributed by atoms with E-state index in [0.717, 1.165) is 18.9 Å². The second kappa shape index (κ2) is 5.19. The van der Waals surface area contributed by atoms with Crippen LogP contribution in [0.5, 0.6) is 0 Å². The first-order valence-corrected chi connectivity index (χ1v) is 6.34. The topological polar surface area (TPSA) is 49.2 Å². The lowest BCUT2D eigenvalue weighted by Crippen LogP contribution is -2.39. The summed E-state index contributed by atoms with van der Waals surface area (Å²) in [5, 5.41) is 9.72. The largest absolute Gasteiger partial charge is 0.391 e. The van der Waals surface area contributed by atoms with Crippen molar-refractivity contribution in [2.75, 3.05) is 18.0 Å². The van der Waals surface area contributed by atoms with Crippen molar-refractivity contribution in [2.45, 2.75) is 26.9 Å². The zero-order valence-electron chi connectivity index (χ0n) is 10.2. The number of anilines is 1. The third-order valence-corrected chi connectivity index (χ3v) is 3.52.